The summed E-state index contributed by atoms with van der Waals surface area (Å²) in [6, 6.07) is 13.0. The van der Waals surface area contributed by atoms with Gasteiger partial charge in [-0.25, -0.2) is 23.2 Å². The van der Waals surface area contributed by atoms with Crippen molar-refractivity contribution in [3.8, 4) is 17.2 Å². The number of benzene rings is 3. The Balaban J connectivity index is 1.31. The van der Waals surface area contributed by atoms with E-state index in [0.29, 0.717) is 13.0 Å². The van der Waals surface area contributed by atoms with Crippen LogP contribution in [0, 0.1) is 11.6 Å². The molecule has 0 saturated heterocycles. The number of ether oxygens (including phenoxy) is 4. The Morgan fingerprint density at radius 2 is 1.00 bits per heavy atom. The third-order valence-corrected chi connectivity index (χ3v) is 9.87. The zero-order valence-electron chi connectivity index (χ0n) is 34.0. The Hall–Kier alpha value is -4.27. The molecule has 1 unspecified atom stereocenters. The van der Waals surface area contributed by atoms with Crippen molar-refractivity contribution in [2.45, 2.75) is 162 Å². The number of carbonyl (C=O) groups excluding carboxylic acids is 3. The third-order valence-electron chi connectivity index (χ3n) is 9.87. The molecular formula is C47H64F2O7. The zero-order chi connectivity index (χ0) is 40.4. The summed E-state index contributed by atoms with van der Waals surface area (Å²) in [6.07, 6.45) is 25.0. The van der Waals surface area contributed by atoms with Crippen molar-refractivity contribution in [3.63, 3.8) is 0 Å². The van der Waals surface area contributed by atoms with Crippen molar-refractivity contribution in [2.75, 3.05) is 6.61 Å². The standard InChI is InChI=1S/C47H64F2O7/c1-4-6-8-10-11-12-13-14-15-16-17-18-19-20-21-23-33-53-44-32-27-38(34-43(44)49)46(51)55-39-28-25-37(26-29-39)45(50)56-40-30-31-41(42(48)35-40)47(52)54-36(3)24-22-9-7-5-2/h25-32,34-36H,4-24,33H2,1-3H3. The molecule has 0 saturated carbocycles. The van der Waals surface area contributed by atoms with E-state index in [2.05, 4.69) is 13.8 Å². The van der Waals surface area contributed by atoms with Gasteiger partial charge in [-0.15, -0.1) is 0 Å². The molecule has 56 heavy (non-hydrogen) atoms. The molecule has 0 aliphatic carbocycles. The maximum atomic E-state index is 14.7. The van der Waals surface area contributed by atoms with E-state index < -0.39 is 29.5 Å². The van der Waals surface area contributed by atoms with Crippen molar-refractivity contribution in [3.05, 3.63) is 89.0 Å². The summed E-state index contributed by atoms with van der Waals surface area (Å²) in [5.74, 6) is -3.73. The molecule has 0 fully saturated rings. The highest BCUT2D eigenvalue weighted by atomic mass is 19.1. The summed E-state index contributed by atoms with van der Waals surface area (Å²) >= 11 is 0. The molecule has 0 aromatic heterocycles. The summed E-state index contributed by atoms with van der Waals surface area (Å²) < 4.78 is 51.1. The van der Waals surface area contributed by atoms with Crippen LogP contribution in [0.25, 0.3) is 0 Å². The Labute approximate surface area is 333 Å². The van der Waals surface area contributed by atoms with Crippen LogP contribution in [0.1, 0.15) is 187 Å². The van der Waals surface area contributed by atoms with Crippen molar-refractivity contribution in [2.24, 2.45) is 0 Å². The molecular weight excluding hydrogens is 715 g/mol. The van der Waals surface area contributed by atoms with Crippen molar-refractivity contribution in [1.29, 1.82) is 0 Å². The topological polar surface area (TPSA) is 88.1 Å². The molecule has 308 valence electrons. The van der Waals surface area contributed by atoms with Gasteiger partial charge in [0.25, 0.3) is 0 Å². The van der Waals surface area contributed by atoms with E-state index in [9.17, 15) is 23.2 Å². The summed E-state index contributed by atoms with van der Waals surface area (Å²) in [7, 11) is 0. The van der Waals surface area contributed by atoms with Crippen molar-refractivity contribution in [1.82, 2.24) is 0 Å². The Morgan fingerprint density at radius 1 is 0.518 bits per heavy atom. The maximum Gasteiger partial charge on any atom is 0.343 e. The smallest absolute Gasteiger partial charge is 0.343 e. The number of esters is 3. The number of rotatable bonds is 29. The molecule has 3 rings (SSSR count). The average molecular weight is 779 g/mol. The Bertz CT molecular complexity index is 1590. The second-order valence-electron chi connectivity index (χ2n) is 14.8. The van der Waals surface area contributed by atoms with Gasteiger partial charge in [0, 0.05) is 6.07 Å². The van der Waals surface area contributed by atoms with Crippen molar-refractivity contribution >= 4 is 17.9 Å². The van der Waals surface area contributed by atoms with Gasteiger partial charge < -0.3 is 18.9 Å². The lowest BCUT2D eigenvalue weighted by Crippen LogP contribution is -2.16. The zero-order valence-corrected chi connectivity index (χ0v) is 34.0. The first kappa shape index (κ1) is 46.1. The van der Waals surface area contributed by atoms with E-state index >= 15 is 0 Å². The van der Waals surface area contributed by atoms with Crippen LogP contribution in [0.4, 0.5) is 8.78 Å². The highest BCUT2D eigenvalue weighted by Crippen LogP contribution is 2.23. The number of unbranched alkanes of at least 4 members (excludes halogenated alkanes) is 18. The number of hydrogen-bond donors (Lipinski definition) is 0. The summed E-state index contributed by atoms with van der Waals surface area (Å²) in [6.45, 7) is 6.56. The van der Waals surface area contributed by atoms with Gasteiger partial charge in [-0.05, 0) is 80.8 Å². The molecule has 0 radical (unpaired) electrons. The molecule has 0 heterocycles. The largest absolute Gasteiger partial charge is 0.491 e. The monoisotopic (exact) mass is 778 g/mol. The molecule has 0 aliphatic rings. The lowest BCUT2D eigenvalue weighted by atomic mass is 10.0. The van der Waals surface area contributed by atoms with Gasteiger partial charge in [-0.3, -0.25) is 0 Å². The van der Waals surface area contributed by atoms with Crippen LogP contribution in [0.5, 0.6) is 17.2 Å². The third kappa shape index (κ3) is 18.1. The number of halogens is 2. The first-order chi connectivity index (χ1) is 27.2. The van der Waals surface area contributed by atoms with Gasteiger partial charge in [0.05, 0.1) is 29.4 Å². The molecule has 1 atom stereocenters. The lowest BCUT2D eigenvalue weighted by Gasteiger charge is -2.14. The van der Waals surface area contributed by atoms with E-state index in [-0.39, 0.29) is 40.0 Å². The van der Waals surface area contributed by atoms with Crippen LogP contribution in [-0.4, -0.2) is 30.6 Å². The molecule has 0 N–H and O–H groups in total. The lowest BCUT2D eigenvalue weighted by molar-refractivity contribution is 0.0314. The molecule has 0 bridgehead atoms. The van der Waals surface area contributed by atoms with Gasteiger partial charge in [0.15, 0.2) is 11.6 Å². The predicted octanol–water partition coefficient (Wildman–Crippen LogP) is 13.6. The minimum Gasteiger partial charge on any atom is -0.491 e. The van der Waals surface area contributed by atoms with Crippen LogP contribution < -0.4 is 14.2 Å². The molecule has 7 nitrogen and oxygen atoms in total. The second-order valence-corrected chi connectivity index (χ2v) is 14.8. The van der Waals surface area contributed by atoms with E-state index in [4.69, 9.17) is 18.9 Å². The Kier molecular flexibility index (Phi) is 22.5. The number of carbonyl (C=O) groups is 3. The van der Waals surface area contributed by atoms with Gasteiger partial charge in [-0.1, -0.05) is 129 Å². The molecule has 9 heteroatoms. The molecule has 3 aromatic rings. The fraction of sp³-hybridized carbons (Fsp3) is 0.553. The number of hydrogen-bond acceptors (Lipinski definition) is 7. The van der Waals surface area contributed by atoms with Crippen molar-refractivity contribution < 1.29 is 42.1 Å². The second kappa shape index (κ2) is 27.3. The van der Waals surface area contributed by atoms with Crippen LogP contribution in [-0.2, 0) is 4.74 Å². The minimum absolute atomic E-state index is 0.0107. The van der Waals surface area contributed by atoms with E-state index in [1.165, 1.54) is 132 Å². The summed E-state index contributed by atoms with van der Waals surface area (Å²) in [5, 5.41) is 0. The SMILES string of the molecule is CCCCCCCCCCCCCCCCCCOc1ccc(C(=O)Oc2ccc(C(=O)Oc3ccc(C(=O)OC(C)CCCCCC)c(F)c3)cc2)cc1F. The normalized spacial score (nSPS) is 11.6. The minimum atomic E-state index is -0.868. The average Bonchev–Trinajstić information content (AvgIpc) is 3.18. The van der Waals surface area contributed by atoms with Crippen LogP contribution in [0.2, 0.25) is 0 Å². The van der Waals surface area contributed by atoms with Crippen LogP contribution in [0.15, 0.2) is 60.7 Å². The molecule has 3 aromatic carbocycles. The van der Waals surface area contributed by atoms with E-state index in [1.807, 2.05) is 0 Å². The fourth-order valence-corrected chi connectivity index (χ4v) is 6.46. The fourth-order valence-electron chi connectivity index (χ4n) is 6.46. The van der Waals surface area contributed by atoms with Gasteiger partial charge in [0.2, 0.25) is 0 Å². The van der Waals surface area contributed by atoms with E-state index in [0.717, 1.165) is 57.1 Å². The van der Waals surface area contributed by atoms with Crippen LogP contribution in [0.3, 0.4) is 0 Å². The van der Waals surface area contributed by atoms with E-state index in [1.54, 1.807) is 6.92 Å². The first-order valence-corrected chi connectivity index (χ1v) is 21.2. The van der Waals surface area contributed by atoms with Crippen LogP contribution >= 0.6 is 0 Å². The van der Waals surface area contributed by atoms with Gasteiger partial charge in [-0.2, -0.15) is 0 Å². The molecule has 0 spiro atoms. The molecule has 0 aliphatic heterocycles. The predicted molar refractivity (Wildman–Crippen MR) is 218 cm³/mol. The first-order valence-electron chi connectivity index (χ1n) is 21.2. The highest BCUT2D eigenvalue weighted by Gasteiger charge is 2.19. The Morgan fingerprint density at radius 3 is 1.55 bits per heavy atom. The molecule has 0 amide bonds. The van der Waals surface area contributed by atoms with Gasteiger partial charge >= 0.3 is 17.9 Å². The highest BCUT2D eigenvalue weighted by molar-refractivity contribution is 5.93. The van der Waals surface area contributed by atoms with Gasteiger partial charge in [0.1, 0.15) is 17.3 Å². The summed E-state index contributed by atoms with van der Waals surface area (Å²) in [4.78, 5) is 37.9. The quantitative estimate of drug-likeness (QED) is 0.0394. The summed E-state index contributed by atoms with van der Waals surface area (Å²) in [5.41, 5.74) is -0.122. The maximum absolute atomic E-state index is 14.7.